The summed E-state index contributed by atoms with van der Waals surface area (Å²) in [5.41, 5.74) is 17.7. The van der Waals surface area contributed by atoms with Gasteiger partial charge in [0.15, 0.2) is 22.6 Å². The first-order valence-electron chi connectivity index (χ1n) is 43.6. The van der Waals surface area contributed by atoms with Gasteiger partial charge in [0.2, 0.25) is 5.95 Å². The molecule has 16 rings (SSSR count). The molecule has 14 unspecified atom stereocenters. The van der Waals surface area contributed by atoms with Gasteiger partial charge in [0, 0.05) is 111 Å². The van der Waals surface area contributed by atoms with Gasteiger partial charge in [0.05, 0.1) is 95.0 Å². The lowest BCUT2D eigenvalue weighted by Crippen LogP contribution is -2.33. The molecule has 0 radical (unpaired) electrons. The van der Waals surface area contributed by atoms with Gasteiger partial charge in [-0.25, -0.2) is 48.5 Å². The minimum atomic E-state index is -4.81. The highest BCUT2D eigenvalue weighted by molar-refractivity contribution is 8.44. The van der Waals surface area contributed by atoms with Crippen LogP contribution in [0.5, 0.6) is 0 Å². The lowest BCUT2D eigenvalue weighted by Gasteiger charge is -2.28. The third kappa shape index (κ3) is 26.3. The number of nitrogen functional groups attached to an aromatic ring is 4. The Kier molecular flexibility index (Phi) is 34.1. The van der Waals surface area contributed by atoms with Crippen molar-refractivity contribution in [1.82, 2.24) is 86.8 Å². The number of imidazole rings is 2. The number of nitrogens with one attached hydrogen (secondary N) is 4. The van der Waals surface area contributed by atoms with Crippen molar-refractivity contribution >= 4 is 176 Å². The lowest BCUT2D eigenvalue weighted by molar-refractivity contribution is -0.0577. The summed E-state index contributed by atoms with van der Waals surface area (Å²) in [5.74, 6) is -0.361. The van der Waals surface area contributed by atoms with Crippen molar-refractivity contribution in [1.29, 1.82) is 0 Å². The summed E-state index contributed by atoms with van der Waals surface area (Å²) in [5, 5.41) is 0. The van der Waals surface area contributed by atoms with Crippen molar-refractivity contribution in [3.63, 3.8) is 0 Å². The second kappa shape index (κ2) is 44.5. The maximum atomic E-state index is 14.8. The fourth-order valence-electron chi connectivity index (χ4n) is 16.8. The molecule has 9 aromatic heterocycles. The number of aromatic amines is 4. The van der Waals surface area contributed by atoms with Gasteiger partial charge < -0.3 is 140 Å². The molecule has 28 atom stereocenters. The SMILES string of the molecule is CC[C@H]1O[C@@H](n2cnc3c(=O)[nH]c(N)nc32)CC1OP(O)(=S)OC[C@H]1O[C@@H](n2cc(C)c(N)nc2=O)CC1OP(=O)(S)OC[C@H]1O[C@@H](n2cc(C)c(=O)[nH]c2=O)CC1OP(O)(=S)OC[C@H]1O[C@@H](n2cc(C)c(N)nc2=O)CC1OP(O)(=S)OC[C@H]1O[C@@H](n2cc(C)c(=O)[nH]c2=O)CC1OP(O)(=S)OC[C@H]1O[C@@H](n2cc(C)c(=O)[nH]c2=O)CC1OP(O)(=S)OC[C@H]1O[C@@H](n2cnc3c(N)ncnc32)CC1OP(O)(=S)OC. The summed E-state index contributed by atoms with van der Waals surface area (Å²) in [6, 6.07) is 0. The number of hydrogen-bond acceptors (Lipinski definition) is 48. The topological polar surface area (TPSA) is 778 Å². The molecule has 73 heteroatoms. The molecule has 0 aromatic carbocycles. The molecule has 7 aliphatic rings. The number of nitrogens with two attached hydrogens (primary N) is 4. The molecule has 16 heterocycles. The van der Waals surface area contributed by atoms with E-state index in [1.165, 1.54) is 80.6 Å². The van der Waals surface area contributed by atoms with Crippen molar-refractivity contribution in [2.24, 2.45) is 0 Å². The number of aryl methyl sites for hydroxylation is 5. The first-order chi connectivity index (χ1) is 68.2. The summed E-state index contributed by atoms with van der Waals surface area (Å²) in [6.45, 7) is -27.5. The second-order valence-electron chi connectivity index (χ2n) is 34.0. The zero-order valence-electron chi connectivity index (χ0n) is 76.6. The molecule has 0 amide bonds. The summed E-state index contributed by atoms with van der Waals surface area (Å²) >= 11 is 37.5. The standard InChI is InChI=1S/C72H97N22O37P7S7/c1-8-35-36(9-55(118-35)94-29-80-57-62(94)83-67(76)84-66(57)98)126-133(105,140)112-22-44-38(10-49(119-44)88-16-30(2)58(73)81-68(88)99)127-135(107,142)115-24-47-41(13-52(122-47)91-19-33(5)64(96)86-71(91)102)130-137(109,144)114-23-45-39(11-50(120-45)89-17-31(3)59(74)82-69(89)100)128-136(108,143)116-25-48-42(14-53(123-48)92-20-34(6)65(97)87-72(92)103)131-138(110,145)117-26-46-40(12-51(121-46)90-18-32(4)63(95)85-70(90)101)129-134(106,141)113-21-43-37(125-132(104,139)111-7)15-54(124-43)93-28-79-56-60(75)77-27-78-61(56)93/h16-20,27-29,35-55H,8-15,21-26H2,1-7H3,(H,104,139)(H,105,140)(H,106,141)(H,107,142)(H,108,143)(H,109,144)(H,110,145)(H2,73,81,99)(H2,74,82,100)(H2,75,77,78)(H,85,95,101)(H,86,96,102)(H,87,97,103)(H3,76,83,84,98)/t35-,36?,37?,38?,39?,40?,41?,42?,43-,44-,45-,46-,47-,48-,49-,50-,51-,52-,53-,54-,55-,132?,133?,134?,135?,136?,137?,138?/m1/s1. The van der Waals surface area contributed by atoms with E-state index in [0.717, 1.165) is 36.1 Å². The zero-order valence-corrected chi connectivity index (χ0v) is 88.6. The molecule has 9 aromatic rings. The quantitative estimate of drug-likeness (QED) is 0.0189. The Hall–Kier alpha value is -6.70. The van der Waals surface area contributed by atoms with Gasteiger partial charge in [0.25, 0.3) is 22.2 Å². The number of ether oxygens (including phenoxy) is 7. The molecule has 18 N–H and O–H groups in total. The van der Waals surface area contributed by atoms with Crippen molar-refractivity contribution in [2.45, 2.75) is 222 Å². The number of aromatic nitrogens is 18. The van der Waals surface area contributed by atoms with Crippen LogP contribution in [0.3, 0.4) is 0 Å². The summed E-state index contributed by atoms with van der Waals surface area (Å²) in [6.07, 6.45) is -18.9. The zero-order chi connectivity index (χ0) is 105. The highest BCUT2D eigenvalue weighted by atomic mass is 32.7. The molecule has 0 spiro atoms. The minimum absolute atomic E-state index is 0.0222. The van der Waals surface area contributed by atoms with Crippen LogP contribution in [-0.2, 0) is 172 Å². The Bertz CT molecular complexity index is 7390. The number of anilines is 4. The lowest BCUT2D eigenvalue weighted by atomic mass is 10.1. The van der Waals surface area contributed by atoms with Crippen LogP contribution in [0, 0.1) is 34.6 Å². The number of fused-ring (bicyclic) bond motifs is 2. The van der Waals surface area contributed by atoms with Gasteiger partial charge in [-0.1, -0.05) is 19.2 Å². The van der Waals surface area contributed by atoms with E-state index >= 15 is 0 Å². The fraction of sp³-hybridized carbons (Fsp3) is 0.583. The van der Waals surface area contributed by atoms with E-state index in [4.69, 9.17) is 190 Å². The first kappa shape index (κ1) is 111. The summed E-state index contributed by atoms with van der Waals surface area (Å²) in [7, 11) is 1.13. The van der Waals surface area contributed by atoms with Crippen LogP contribution in [0.25, 0.3) is 22.3 Å². The Labute approximate surface area is 850 Å². The molecule has 0 aliphatic carbocycles. The monoisotopic (exact) mass is 2300 g/mol. The number of H-pyrrole nitrogens is 4. The first-order valence-corrected chi connectivity index (χ1v) is 61.8. The van der Waals surface area contributed by atoms with Crippen molar-refractivity contribution < 1.29 is 130 Å². The van der Waals surface area contributed by atoms with Crippen LogP contribution in [-0.4, -0.2) is 248 Å². The molecule has 59 nitrogen and oxygen atoms in total. The Morgan fingerprint density at radius 1 is 0.366 bits per heavy atom. The van der Waals surface area contributed by atoms with Gasteiger partial charge in [-0.15, -0.1) is 0 Å². The second-order valence-corrected chi connectivity index (χ2v) is 53.7. The largest absolute Gasteiger partial charge is 0.386 e. The van der Waals surface area contributed by atoms with Crippen LogP contribution >= 0.6 is 59.4 Å². The third-order valence-electron chi connectivity index (χ3n) is 24.0. The molecule has 0 bridgehead atoms. The van der Waals surface area contributed by atoms with E-state index in [1.54, 1.807) is 13.8 Å². The molecule has 7 aliphatic heterocycles. The van der Waals surface area contributed by atoms with Gasteiger partial charge in [-0.3, -0.25) is 80.1 Å². The predicted molar refractivity (Wildman–Crippen MR) is 528 cm³/mol. The average Bonchev–Trinajstić information content (AvgIpc) is 1.62. The normalized spacial score (nSPS) is 29.5. The van der Waals surface area contributed by atoms with Crippen molar-refractivity contribution in [3.8, 4) is 0 Å². The van der Waals surface area contributed by atoms with Crippen LogP contribution in [0.1, 0.15) is 130 Å². The highest BCUT2D eigenvalue weighted by Gasteiger charge is 2.52. The minimum Gasteiger partial charge on any atom is -0.383 e. The van der Waals surface area contributed by atoms with Crippen molar-refractivity contribution in [2.75, 3.05) is 69.7 Å². The maximum Gasteiger partial charge on any atom is 0.386 e. The number of rotatable bonds is 41. The van der Waals surface area contributed by atoms with Gasteiger partial charge in [-0.2, -0.15) is 15.0 Å². The van der Waals surface area contributed by atoms with Crippen LogP contribution in [0.2, 0.25) is 0 Å². The van der Waals surface area contributed by atoms with E-state index in [0.29, 0.717) is 17.5 Å². The summed E-state index contributed by atoms with van der Waals surface area (Å²) in [4.78, 5) is 227. The predicted octanol–water partition coefficient (Wildman–Crippen LogP) is 1.20. The van der Waals surface area contributed by atoms with Gasteiger partial charge in [-0.05, 0) is 112 Å². The van der Waals surface area contributed by atoms with Crippen molar-refractivity contribution in [3.05, 3.63) is 172 Å². The van der Waals surface area contributed by atoms with E-state index < -0.39 is 286 Å². The van der Waals surface area contributed by atoms with Gasteiger partial charge in [0.1, 0.15) is 110 Å². The van der Waals surface area contributed by atoms with Crippen LogP contribution in [0.15, 0.2) is 93.1 Å². The molecule has 0 saturated carbocycles. The third-order valence-corrected chi connectivity index (χ3v) is 35.3. The Morgan fingerprint density at radius 3 is 1.00 bits per heavy atom. The Balaban J connectivity index is 0.600. The van der Waals surface area contributed by atoms with Gasteiger partial charge >= 0.3 is 75.6 Å². The average molecular weight is 2300 g/mol. The van der Waals surface area contributed by atoms with Crippen LogP contribution in [0.4, 0.5) is 23.4 Å². The molecular formula is C72H97N22O37P7S7. The van der Waals surface area contributed by atoms with E-state index in [9.17, 15) is 77.1 Å². The highest BCUT2D eigenvalue weighted by Crippen LogP contribution is 2.60. The van der Waals surface area contributed by atoms with E-state index in [2.05, 4.69) is 67.1 Å². The number of thiol groups is 1. The molecular weight excluding hydrogens is 2210 g/mol. The number of hydrogen-bond donors (Lipinski definition) is 15. The number of nitrogens with zero attached hydrogens (tertiary/aromatic N) is 14. The van der Waals surface area contributed by atoms with E-state index in [-0.39, 0.29) is 88.1 Å². The molecule has 7 saturated heterocycles. The molecule has 145 heavy (non-hydrogen) atoms. The maximum absolute atomic E-state index is 14.8. The summed E-state index contributed by atoms with van der Waals surface area (Å²) < 4.78 is 150. The fourth-order valence-corrected chi connectivity index (χ4v) is 26.6. The smallest absolute Gasteiger partial charge is 0.383 e. The van der Waals surface area contributed by atoms with Crippen LogP contribution < -0.4 is 73.6 Å². The van der Waals surface area contributed by atoms with E-state index in [1.807, 2.05) is 0 Å². The molecule has 794 valence electrons. The Morgan fingerprint density at radius 2 is 0.655 bits per heavy atom. The molecule has 7 fully saturated rings.